The van der Waals surface area contributed by atoms with Gasteiger partial charge in [0.25, 0.3) is 5.89 Å². The quantitative estimate of drug-likeness (QED) is 0.754. The van der Waals surface area contributed by atoms with Crippen LogP contribution in [-0.2, 0) is 0 Å². The first kappa shape index (κ1) is 9.51. The number of anilines is 1. The third-order valence-corrected chi connectivity index (χ3v) is 2.14. The number of methoxy groups -OCH3 is 1. The molecule has 2 aromatic rings. The number of hydrogen-bond donors (Lipinski definition) is 1. The number of para-hydroxylation sites is 1. The molecule has 0 aliphatic rings. The smallest absolute Gasteiger partial charge is 0.414 e. The Bertz CT molecular complexity index is 479. The van der Waals surface area contributed by atoms with E-state index in [1.165, 1.54) is 7.11 Å². The summed E-state index contributed by atoms with van der Waals surface area (Å²) in [7, 11) is 1.47. The molecule has 1 heterocycles. The number of nitrogens with two attached hydrogens (primary N) is 1. The number of aromatic nitrogens is 2. The first-order valence-electron chi connectivity index (χ1n) is 4.45. The van der Waals surface area contributed by atoms with Crippen LogP contribution in [0, 0.1) is 6.92 Å². The van der Waals surface area contributed by atoms with Gasteiger partial charge in [-0.15, -0.1) is 5.10 Å². The zero-order chi connectivity index (χ0) is 10.8. The van der Waals surface area contributed by atoms with Crippen molar-refractivity contribution in [1.82, 2.24) is 10.2 Å². The molecule has 0 aliphatic carbocycles. The number of rotatable bonds is 2. The first-order chi connectivity index (χ1) is 7.22. The molecule has 2 N–H and O–H groups in total. The summed E-state index contributed by atoms with van der Waals surface area (Å²) in [6, 6.07) is 5.64. The van der Waals surface area contributed by atoms with E-state index >= 15 is 0 Å². The molecule has 0 bridgehead atoms. The van der Waals surface area contributed by atoms with Gasteiger partial charge < -0.3 is 14.9 Å². The van der Waals surface area contributed by atoms with E-state index in [0.717, 1.165) is 11.1 Å². The van der Waals surface area contributed by atoms with Gasteiger partial charge in [0, 0.05) is 5.69 Å². The molecule has 78 valence electrons. The molecule has 0 unspecified atom stereocenters. The van der Waals surface area contributed by atoms with E-state index in [1.807, 2.05) is 25.1 Å². The lowest BCUT2D eigenvalue weighted by molar-refractivity contribution is 0.293. The normalized spacial score (nSPS) is 10.3. The number of ether oxygens (including phenoxy) is 1. The highest BCUT2D eigenvalue weighted by molar-refractivity contribution is 5.72. The Morgan fingerprint density at radius 3 is 2.80 bits per heavy atom. The summed E-state index contributed by atoms with van der Waals surface area (Å²) in [5, 5.41) is 7.52. The number of nitrogens with zero attached hydrogens (tertiary/aromatic N) is 2. The molecular formula is C10H11N3O2. The van der Waals surface area contributed by atoms with Crippen molar-refractivity contribution >= 4 is 5.69 Å². The first-order valence-corrected chi connectivity index (χ1v) is 4.45. The molecule has 0 radical (unpaired) electrons. The molecule has 0 aliphatic heterocycles. The molecule has 5 nitrogen and oxygen atoms in total. The van der Waals surface area contributed by atoms with Crippen molar-refractivity contribution < 1.29 is 9.15 Å². The van der Waals surface area contributed by atoms with Crippen LogP contribution in [0.3, 0.4) is 0 Å². The summed E-state index contributed by atoms with van der Waals surface area (Å²) in [5.74, 6) is 0.369. The Balaban J connectivity index is 2.49. The molecule has 0 atom stereocenters. The average Bonchev–Trinajstić information content (AvgIpc) is 2.70. The zero-order valence-corrected chi connectivity index (χ0v) is 8.52. The van der Waals surface area contributed by atoms with E-state index in [4.69, 9.17) is 14.9 Å². The average molecular weight is 205 g/mol. The van der Waals surface area contributed by atoms with Crippen LogP contribution in [-0.4, -0.2) is 17.3 Å². The number of nitrogen functional groups attached to an aromatic ring is 1. The molecule has 0 amide bonds. The van der Waals surface area contributed by atoms with Gasteiger partial charge in [-0.1, -0.05) is 17.2 Å². The van der Waals surface area contributed by atoms with Crippen molar-refractivity contribution in [3.8, 4) is 17.5 Å². The lowest BCUT2D eigenvalue weighted by Crippen LogP contribution is -1.93. The molecule has 15 heavy (non-hydrogen) atoms. The fourth-order valence-electron chi connectivity index (χ4n) is 1.27. The van der Waals surface area contributed by atoms with Gasteiger partial charge in [-0.05, 0) is 18.6 Å². The second-order valence-corrected chi connectivity index (χ2v) is 3.11. The SMILES string of the molecule is COc1nnc(-c2cccc(C)c2N)o1. The Morgan fingerprint density at radius 1 is 1.33 bits per heavy atom. The van der Waals surface area contributed by atoms with Crippen LogP contribution in [0.25, 0.3) is 11.5 Å². The summed E-state index contributed by atoms with van der Waals surface area (Å²) >= 11 is 0. The Hall–Kier alpha value is -2.04. The van der Waals surface area contributed by atoms with Crippen LogP contribution in [0.15, 0.2) is 22.6 Å². The van der Waals surface area contributed by atoms with E-state index in [9.17, 15) is 0 Å². The number of hydrogen-bond acceptors (Lipinski definition) is 5. The van der Waals surface area contributed by atoms with Crippen molar-refractivity contribution in [1.29, 1.82) is 0 Å². The second kappa shape index (κ2) is 3.61. The van der Waals surface area contributed by atoms with E-state index in [-0.39, 0.29) is 6.08 Å². The van der Waals surface area contributed by atoms with Gasteiger partial charge >= 0.3 is 6.08 Å². The molecule has 0 fully saturated rings. The summed E-state index contributed by atoms with van der Waals surface area (Å²) in [5.41, 5.74) is 8.24. The van der Waals surface area contributed by atoms with Crippen LogP contribution < -0.4 is 10.5 Å². The summed E-state index contributed by atoms with van der Waals surface area (Å²) in [6.45, 7) is 1.92. The van der Waals surface area contributed by atoms with Crippen molar-refractivity contribution in [2.24, 2.45) is 0 Å². The van der Waals surface area contributed by atoms with Crippen LogP contribution in [0.4, 0.5) is 5.69 Å². The third-order valence-electron chi connectivity index (χ3n) is 2.14. The van der Waals surface area contributed by atoms with E-state index in [1.54, 1.807) is 0 Å². The molecule has 1 aromatic heterocycles. The van der Waals surface area contributed by atoms with Crippen molar-refractivity contribution in [3.63, 3.8) is 0 Å². The minimum atomic E-state index is 0.130. The predicted molar refractivity (Wildman–Crippen MR) is 55.4 cm³/mol. The van der Waals surface area contributed by atoms with Gasteiger partial charge in [0.05, 0.1) is 12.7 Å². The molecule has 2 rings (SSSR count). The Labute approximate surface area is 86.9 Å². The fraction of sp³-hybridized carbons (Fsp3) is 0.200. The maximum absolute atomic E-state index is 5.90. The molecule has 0 spiro atoms. The zero-order valence-electron chi connectivity index (χ0n) is 8.52. The van der Waals surface area contributed by atoms with E-state index < -0.39 is 0 Å². The summed E-state index contributed by atoms with van der Waals surface area (Å²) in [6.07, 6.45) is 0.130. The minimum absolute atomic E-state index is 0.130. The van der Waals surface area contributed by atoms with Crippen LogP contribution in [0.1, 0.15) is 5.56 Å². The minimum Gasteiger partial charge on any atom is -0.452 e. The van der Waals surface area contributed by atoms with Crippen molar-refractivity contribution in [3.05, 3.63) is 23.8 Å². The Kier molecular flexibility index (Phi) is 2.29. The molecule has 1 aromatic carbocycles. The van der Waals surface area contributed by atoms with Gasteiger partial charge in [-0.3, -0.25) is 0 Å². The maximum Gasteiger partial charge on any atom is 0.414 e. The fourth-order valence-corrected chi connectivity index (χ4v) is 1.27. The summed E-state index contributed by atoms with van der Waals surface area (Å²) in [4.78, 5) is 0. The van der Waals surface area contributed by atoms with Gasteiger partial charge in [0.1, 0.15) is 0 Å². The molecule has 5 heteroatoms. The van der Waals surface area contributed by atoms with Crippen LogP contribution in [0.5, 0.6) is 6.08 Å². The van der Waals surface area contributed by atoms with Crippen LogP contribution >= 0.6 is 0 Å². The molecule has 0 saturated heterocycles. The van der Waals surface area contributed by atoms with Gasteiger partial charge in [-0.25, -0.2) is 0 Å². The highest BCUT2D eigenvalue weighted by Crippen LogP contribution is 2.28. The van der Waals surface area contributed by atoms with Crippen molar-refractivity contribution in [2.45, 2.75) is 6.92 Å². The highest BCUT2D eigenvalue weighted by atomic mass is 16.6. The topological polar surface area (TPSA) is 74.2 Å². The third kappa shape index (κ3) is 1.63. The monoisotopic (exact) mass is 205 g/mol. The lowest BCUT2D eigenvalue weighted by atomic mass is 10.1. The largest absolute Gasteiger partial charge is 0.452 e. The van der Waals surface area contributed by atoms with Gasteiger partial charge in [0.2, 0.25) is 0 Å². The van der Waals surface area contributed by atoms with Gasteiger partial charge in [-0.2, -0.15) is 0 Å². The standard InChI is InChI=1S/C10H11N3O2/c1-6-4-3-5-7(8(6)11)9-12-13-10(14-2)15-9/h3-5H,11H2,1-2H3. The highest BCUT2D eigenvalue weighted by Gasteiger charge is 2.12. The van der Waals surface area contributed by atoms with Crippen LogP contribution in [0.2, 0.25) is 0 Å². The Morgan fingerprint density at radius 2 is 2.13 bits per heavy atom. The number of benzene rings is 1. The van der Waals surface area contributed by atoms with E-state index in [0.29, 0.717) is 11.6 Å². The van der Waals surface area contributed by atoms with Gasteiger partial charge in [0.15, 0.2) is 0 Å². The molecule has 0 saturated carbocycles. The van der Waals surface area contributed by atoms with E-state index in [2.05, 4.69) is 10.2 Å². The molecular weight excluding hydrogens is 194 g/mol. The summed E-state index contributed by atoms with van der Waals surface area (Å²) < 4.78 is 10.0. The predicted octanol–water partition coefficient (Wildman–Crippen LogP) is 1.64. The van der Waals surface area contributed by atoms with Crippen molar-refractivity contribution in [2.75, 3.05) is 12.8 Å². The lowest BCUT2D eigenvalue weighted by Gasteiger charge is -2.03. The maximum atomic E-state index is 5.90. The second-order valence-electron chi connectivity index (χ2n) is 3.11. The number of aryl methyl sites for hydroxylation is 1.